The largest absolute Gasteiger partial charge is 0.573 e. The van der Waals surface area contributed by atoms with E-state index in [4.69, 9.17) is 10.6 Å². The van der Waals surface area contributed by atoms with Crippen LogP contribution in [-0.2, 0) is 4.74 Å². The van der Waals surface area contributed by atoms with Gasteiger partial charge in [0.2, 0.25) is 0 Å². The molecule has 1 aromatic carbocycles. The lowest BCUT2D eigenvalue weighted by Gasteiger charge is -2.31. The van der Waals surface area contributed by atoms with Crippen molar-refractivity contribution in [3.63, 3.8) is 0 Å². The number of rotatable bonds is 4. The summed E-state index contributed by atoms with van der Waals surface area (Å²) in [4.78, 5) is 0. The van der Waals surface area contributed by atoms with Gasteiger partial charge in [0.1, 0.15) is 5.75 Å². The molecule has 2 unspecified atom stereocenters. The summed E-state index contributed by atoms with van der Waals surface area (Å²) in [6, 6.07) is 5.59. The molecule has 1 aromatic rings. The van der Waals surface area contributed by atoms with Gasteiger partial charge in [0.05, 0.1) is 12.6 Å². The molecule has 1 heterocycles. The summed E-state index contributed by atoms with van der Waals surface area (Å²) in [5.74, 6) is 5.32. The molecule has 0 aromatic heterocycles. The fourth-order valence-electron chi connectivity index (χ4n) is 2.46. The molecule has 0 amide bonds. The van der Waals surface area contributed by atoms with Gasteiger partial charge in [-0.15, -0.1) is 13.2 Å². The van der Waals surface area contributed by atoms with E-state index < -0.39 is 12.4 Å². The Morgan fingerprint density at radius 2 is 2.10 bits per heavy atom. The van der Waals surface area contributed by atoms with Crippen molar-refractivity contribution in [2.75, 3.05) is 13.2 Å². The van der Waals surface area contributed by atoms with Crippen LogP contribution in [0, 0.1) is 5.92 Å². The lowest BCUT2D eigenvalue weighted by Crippen LogP contribution is -2.37. The molecule has 1 saturated heterocycles. The van der Waals surface area contributed by atoms with Gasteiger partial charge in [-0.3, -0.25) is 11.3 Å². The molecule has 3 N–H and O–H groups in total. The Morgan fingerprint density at radius 3 is 2.70 bits per heavy atom. The third-order valence-corrected chi connectivity index (χ3v) is 3.33. The Hall–Kier alpha value is -1.31. The highest BCUT2D eigenvalue weighted by atomic mass is 19.4. The van der Waals surface area contributed by atoms with Crippen LogP contribution in [-0.4, -0.2) is 19.6 Å². The molecule has 112 valence electrons. The molecule has 0 spiro atoms. The highest BCUT2D eigenvalue weighted by Gasteiger charge is 2.34. The number of para-hydroxylation sites is 1. The van der Waals surface area contributed by atoms with Crippen LogP contribution < -0.4 is 16.0 Å². The van der Waals surface area contributed by atoms with Gasteiger partial charge in [-0.25, -0.2) is 0 Å². The number of hydrogen-bond acceptors (Lipinski definition) is 4. The topological polar surface area (TPSA) is 56.5 Å². The average molecular weight is 290 g/mol. The van der Waals surface area contributed by atoms with E-state index in [1.54, 1.807) is 12.1 Å². The van der Waals surface area contributed by atoms with Gasteiger partial charge in [-0.05, 0) is 18.9 Å². The summed E-state index contributed by atoms with van der Waals surface area (Å²) in [6.45, 7) is 1.14. The summed E-state index contributed by atoms with van der Waals surface area (Å²) >= 11 is 0. The van der Waals surface area contributed by atoms with Gasteiger partial charge in [0.15, 0.2) is 0 Å². The zero-order valence-corrected chi connectivity index (χ0v) is 10.8. The van der Waals surface area contributed by atoms with Gasteiger partial charge >= 0.3 is 6.36 Å². The van der Waals surface area contributed by atoms with E-state index in [0.29, 0.717) is 18.8 Å². The van der Waals surface area contributed by atoms with Crippen LogP contribution in [0.5, 0.6) is 5.75 Å². The first kappa shape index (κ1) is 15.1. The zero-order chi connectivity index (χ0) is 14.6. The number of nitrogens with two attached hydrogens (primary N) is 1. The van der Waals surface area contributed by atoms with Gasteiger partial charge in [-0.2, -0.15) is 0 Å². The SMILES string of the molecule is NNC(c1ccccc1OC(F)(F)F)C1CCCOC1. The molecule has 2 atom stereocenters. The molecule has 1 aliphatic heterocycles. The number of nitrogens with one attached hydrogen (secondary N) is 1. The number of alkyl halides is 3. The second-order valence-electron chi connectivity index (χ2n) is 4.71. The van der Waals surface area contributed by atoms with E-state index in [9.17, 15) is 13.2 Å². The molecule has 1 aliphatic rings. The molecule has 0 aliphatic carbocycles. The van der Waals surface area contributed by atoms with Crippen LogP contribution in [0.15, 0.2) is 24.3 Å². The normalized spacial score (nSPS) is 21.5. The highest BCUT2D eigenvalue weighted by Crippen LogP contribution is 2.35. The molecular formula is C13H17F3N2O2. The van der Waals surface area contributed by atoms with Crippen molar-refractivity contribution < 1.29 is 22.6 Å². The zero-order valence-electron chi connectivity index (χ0n) is 10.8. The van der Waals surface area contributed by atoms with Crippen LogP contribution in [0.25, 0.3) is 0 Å². The molecule has 2 rings (SSSR count). The van der Waals surface area contributed by atoms with Gasteiger partial charge in [0, 0.05) is 18.1 Å². The Balaban J connectivity index is 2.24. The van der Waals surface area contributed by atoms with E-state index in [1.807, 2.05) is 0 Å². The molecule has 0 saturated carbocycles. The van der Waals surface area contributed by atoms with E-state index in [-0.39, 0.29) is 11.7 Å². The minimum atomic E-state index is -4.72. The molecule has 1 fully saturated rings. The number of hydrazine groups is 1. The summed E-state index contributed by atoms with van der Waals surface area (Å²) in [6.07, 6.45) is -3.02. The lowest BCUT2D eigenvalue weighted by molar-refractivity contribution is -0.275. The molecule has 20 heavy (non-hydrogen) atoms. The smallest absolute Gasteiger partial charge is 0.405 e. The van der Waals surface area contributed by atoms with Gasteiger partial charge < -0.3 is 9.47 Å². The Morgan fingerprint density at radius 1 is 1.35 bits per heavy atom. The number of ether oxygens (including phenoxy) is 2. The third-order valence-electron chi connectivity index (χ3n) is 3.33. The van der Waals surface area contributed by atoms with Crippen molar-refractivity contribution in [1.82, 2.24) is 5.43 Å². The lowest BCUT2D eigenvalue weighted by atomic mass is 9.88. The second-order valence-corrected chi connectivity index (χ2v) is 4.71. The summed E-state index contributed by atoms with van der Waals surface area (Å²) in [5.41, 5.74) is 2.98. The van der Waals surface area contributed by atoms with Crippen molar-refractivity contribution >= 4 is 0 Å². The van der Waals surface area contributed by atoms with Crippen LogP contribution in [0.1, 0.15) is 24.4 Å². The maximum Gasteiger partial charge on any atom is 0.573 e. The summed E-state index contributed by atoms with van der Waals surface area (Å²) in [5, 5.41) is 0. The van der Waals surface area contributed by atoms with Gasteiger partial charge in [-0.1, -0.05) is 18.2 Å². The van der Waals surface area contributed by atoms with E-state index >= 15 is 0 Å². The van der Waals surface area contributed by atoms with Crippen LogP contribution in [0.3, 0.4) is 0 Å². The van der Waals surface area contributed by atoms with Crippen LogP contribution >= 0.6 is 0 Å². The Bertz CT molecular complexity index is 434. The standard InChI is InChI=1S/C13H17F3N2O2/c14-13(15,16)20-11-6-2-1-5-10(11)12(18-17)9-4-3-7-19-8-9/h1-2,5-6,9,12,18H,3-4,7-8,17H2. The molecule has 0 bridgehead atoms. The maximum absolute atomic E-state index is 12.4. The predicted molar refractivity (Wildman–Crippen MR) is 66.7 cm³/mol. The van der Waals surface area contributed by atoms with Crippen molar-refractivity contribution in [2.24, 2.45) is 11.8 Å². The van der Waals surface area contributed by atoms with Gasteiger partial charge in [0.25, 0.3) is 0 Å². The quantitative estimate of drug-likeness (QED) is 0.661. The second kappa shape index (κ2) is 6.43. The first-order valence-electron chi connectivity index (χ1n) is 6.40. The minimum absolute atomic E-state index is 0.0201. The van der Waals surface area contributed by atoms with E-state index in [2.05, 4.69) is 10.2 Å². The first-order chi connectivity index (χ1) is 9.51. The van der Waals surface area contributed by atoms with Crippen molar-refractivity contribution in [2.45, 2.75) is 25.2 Å². The van der Waals surface area contributed by atoms with Crippen LogP contribution in [0.2, 0.25) is 0 Å². The summed E-state index contributed by atoms with van der Waals surface area (Å²) in [7, 11) is 0. The molecular weight excluding hydrogens is 273 g/mol. The van der Waals surface area contributed by atoms with E-state index in [1.165, 1.54) is 12.1 Å². The van der Waals surface area contributed by atoms with Crippen molar-refractivity contribution in [3.8, 4) is 5.75 Å². The van der Waals surface area contributed by atoms with Crippen molar-refractivity contribution in [3.05, 3.63) is 29.8 Å². The minimum Gasteiger partial charge on any atom is -0.405 e. The predicted octanol–water partition coefficient (Wildman–Crippen LogP) is 2.52. The fourth-order valence-corrected chi connectivity index (χ4v) is 2.46. The highest BCUT2D eigenvalue weighted by molar-refractivity contribution is 5.36. The van der Waals surface area contributed by atoms with E-state index in [0.717, 1.165) is 12.8 Å². The molecule has 4 nitrogen and oxygen atoms in total. The van der Waals surface area contributed by atoms with Crippen molar-refractivity contribution in [1.29, 1.82) is 0 Å². The summed E-state index contributed by atoms with van der Waals surface area (Å²) < 4.78 is 46.7. The maximum atomic E-state index is 12.4. The molecule has 0 radical (unpaired) electrons. The Kier molecular flexibility index (Phi) is 4.85. The Labute approximate surface area is 115 Å². The van der Waals surface area contributed by atoms with Crippen LogP contribution in [0.4, 0.5) is 13.2 Å². The average Bonchev–Trinajstić information content (AvgIpc) is 2.41. The number of hydrogen-bond donors (Lipinski definition) is 2. The fraction of sp³-hybridized carbons (Fsp3) is 0.538. The number of halogens is 3. The number of benzene rings is 1. The monoisotopic (exact) mass is 290 g/mol. The first-order valence-corrected chi connectivity index (χ1v) is 6.40. The molecule has 7 heteroatoms. The third kappa shape index (κ3) is 3.84.